The highest BCUT2D eigenvalue weighted by atomic mass is 16.2. The molecule has 3 aromatic rings. The number of carbonyl (C=O) groups excluding carboxylic acids is 1. The Morgan fingerprint density at radius 1 is 1.04 bits per heavy atom. The van der Waals surface area contributed by atoms with Crippen molar-refractivity contribution in [3.8, 4) is 0 Å². The van der Waals surface area contributed by atoms with Crippen LogP contribution in [0, 0.1) is 0 Å². The molecular weight excluding hydrogens is 288 g/mol. The second-order valence-electron chi connectivity index (χ2n) is 5.58. The van der Waals surface area contributed by atoms with Gasteiger partial charge in [0.25, 0.3) is 11.5 Å². The Morgan fingerprint density at radius 2 is 1.70 bits per heavy atom. The quantitative estimate of drug-likeness (QED) is 0.808. The summed E-state index contributed by atoms with van der Waals surface area (Å²) in [7, 11) is 1.71. The van der Waals surface area contributed by atoms with E-state index in [1.807, 2.05) is 61.5 Å². The Hall–Kier alpha value is -2.88. The fourth-order valence-corrected chi connectivity index (χ4v) is 2.70. The zero-order valence-electron chi connectivity index (χ0n) is 13.1. The summed E-state index contributed by atoms with van der Waals surface area (Å²) in [5, 5.41) is 3.73. The van der Waals surface area contributed by atoms with Crippen LogP contribution in [0.5, 0.6) is 0 Å². The van der Waals surface area contributed by atoms with E-state index < -0.39 is 0 Å². The van der Waals surface area contributed by atoms with Gasteiger partial charge in [0.05, 0.1) is 17.1 Å². The first-order valence-electron chi connectivity index (χ1n) is 7.52. The summed E-state index contributed by atoms with van der Waals surface area (Å²) in [5.41, 5.74) is 1.99. The second kappa shape index (κ2) is 6.08. The van der Waals surface area contributed by atoms with E-state index in [-0.39, 0.29) is 17.5 Å². The number of hydrogen-bond donors (Lipinski definition) is 1. The topological polar surface area (TPSA) is 51.1 Å². The number of amides is 1. The number of fused-ring (bicyclic) bond motifs is 1. The number of aryl methyl sites for hydroxylation is 1. The smallest absolute Gasteiger partial charge is 0.252 e. The van der Waals surface area contributed by atoms with E-state index in [9.17, 15) is 9.59 Å². The van der Waals surface area contributed by atoms with E-state index >= 15 is 0 Å². The van der Waals surface area contributed by atoms with Gasteiger partial charge in [0.2, 0.25) is 0 Å². The molecule has 1 N–H and O–H groups in total. The summed E-state index contributed by atoms with van der Waals surface area (Å²) < 4.78 is 1.55. The number of nitrogens with one attached hydrogen (secondary N) is 1. The van der Waals surface area contributed by atoms with Gasteiger partial charge in [0, 0.05) is 18.5 Å². The number of hydrogen-bond acceptors (Lipinski definition) is 2. The Kier molecular flexibility index (Phi) is 3.98. The maximum atomic E-state index is 12.6. The SMILES string of the molecule is C[C@@H](NC(=O)c1cc(=O)n(C)c2ccccc12)c1ccccc1. The van der Waals surface area contributed by atoms with Crippen LogP contribution in [0.3, 0.4) is 0 Å². The molecule has 4 nitrogen and oxygen atoms in total. The molecule has 0 unspecified atom stereocenters. The molecule has 4 heteroatoms. The highest BCUT2D eigenvalue weighted by Gasteiger charge is 2.16. The second-order valence-corrected chi connectivity index (χ2v) is 5.58. The Bertz CT molecular complexity index is 914. The van der Waals surface area contributed by atoms with Crippen molar-refractivity contribution < 1.29 is 4.79 Å². The van der Waals surface area contributed by atoms with Crippen LogP contribution < -0.4 is 10.9 Å². The van der Waals surface area contributed by atoms with Crippen LogP contribution >= 0.6 is 0 Å². The van der Waals surface area contributed by atoms with Crippen molar-refractivity contribution in [2.24, 2.45) is 7.05 Å². The minimum Gasteiger partial charge on any atom is -0.345 e. The van der Waals surface area contributed by atoms with Gasteiger partial charge in [-0.2, -0.15) is 0 Å². The van der Waals surface area contributed by atoms with E-state index in [4.69, 9.17) is 0 Å². The lowest BCUT2D eigenvalue weighted by atomic mass is 10.1. The van der Waals surface area contributed by atoms with Gasteiger partial charge in [-0.3, -0.25) is 9.59 Å². The van der Waals surface area contributed by atoms with Crippen LogP contribution in [0.1, 0.15) is 28.9 Å². The molecule has 2 aromatic carbocycles. The molecule has 1 heterocycles. The first kappa shape index (κ1) is 15.0. The lowest BCUT2D eigenvalue weighted by Crippen LogP contribution is -2.29. The highest BCUT2D eigenvalue weighted by molar-refractivity contribution is 6.06. The van der Waals surface area contributed by atoms with Gasteiger partial charge in [0.1, 0.15) is 0 Å². The highest BCUT2D eigenvalue weighted by Crippen LogP contribution is 2.18. The first-order valence-corrected chi connectivity index (χ1v) is 7.52. The number of pyridine rings is 1. The average Bonchev–Trinajstić information content (AvgIpc) is 2.58. The van der Waals surface area contributed by atoms with Gasteiger partial charge in [0.15, 0.2) is 0 Å². The van der Waals surface area contributed by atoms with Crippen molar-refractivity contribution in [1.29, 1.82) is 0 Å². The maximum Gasteiger partial charge on any atom is 0.252 e. The molecule has 0 spiro atoms. The monoisotopic (exact) mass is 306 g/mol. The predicted octanol–water partition coefficient (Wildman–Crippen LogP) is 3.03. The minimum atomic E-state index is -0.241. The van der Waals surface area contributed by atoms with Gasteiger partial charge in [-0.05, 0) is 18.6 Å². The standard InChI is InChI=1S/C19H18N2O2/c1-13(14-8-4-3-5-9-14)20-19(23)16-12-18(22)21(2)17-11-7-6-10-15(16)17/h3-13H,1-2H3,(H,20,23)/t13-/m1/s1. The fourth-order valence-electron chi connectivity index (χ4n) is 2.70. The number of para-hydroxylation sites is 1. The summed E-state index contributed by atoms with van der Waals surface area (Å²) in [5.74, 6) is -0.241. The van der Waals surface area contributed by atoms with Crippen LogP contribution in [0.4, 0.5) is 0 Å². The number of nitrogens with zero attached hydrogens (tertiary/aromatic N) is 1. The summed E-state index contributed by atoms with van der Waals surface area (Å²) in [6, 6.07) is 18.4. The molecule has 0 radical (unpaired) electrons. The van der Waals surface area contributed by atoms with Crippen LogP contribution in [0.15, 0.2) is 65.5 Å². The average molecular weight is 306 g/mol. The van der Waals surface area contributed by atoms with Crippen LogP contribution in [0.25, 0.3) is 10.9 Å². The van der Waals surface area contributed by atoms with Gasteiger partial charge < -0.3 is 9.88 Å². The molecule has 1 amide bonds. The fraction of sp³-hybridized carbons (Fsp3) is 0.158. The predicted molar refractivity (Wildman–Crippen MR) is 91.5 cm³/mol. The van der Waals surface area contributed by atoms with E-state index in [0.717, 1.165) is 16.5 Å². The van der Waals surface area contributed by atoms with Crippen molar-refractivity contribution in [1.82, 2.24) is 9.88 Å². The zero-order valence-corrected chi connectivity index (χ0v) is 13.1. The third-order valence-corrected chi connectivity index (χ3v) is 4.05. The summed E-state index contributed by atoms with van der Waals surface area (Å²) >= 11 is 0. The van der Waals surface area contributed by atoms with Gasteiger partial charge in [-0.25, -0.2) is 0 Å². The van der Waals surface area contributed by atoms with E-state index in [2.05, 4.69) is 5.32 Å². The van der Waals surface area contributed by atoms with E-state index in [1.54, 1.807) is 11.6 Å². The molecule has 0 saturated heterocycles. The molecule has 0 aliphatic rings. The Morgan fingerprint density at radius 3 is 2.43 bits per heavy atom. The molecule has 1 aromatic heterocycles. The van der Waals surface area contributed by atoms with Crippen molar-refractivity contribution in [3.05, 3.63) is 82.1 Å². The summed E-state index contributed by atoms with van der Waals surface area (Å²) in [4.78, 5) is 24.7. The molecular formula is C19H18N2O2. The van der Waals surface area contributed by atoms with E-state index in [0.29, 0.717) is 5.56 Å². The molecule has 23 heavy (non-hydrogen) atoms. The molecule has 0 aliphatic heterocycles. The zero-order chi connectivity index (χ0) is 16.4. The van der Waals surface area contributed by atoms with Crippen LogP contribution in [-0.4, -0.2) is 10.5 Å². The lowest BCUT2D eigenvalue weighted by Gasteiger charge is -2.16. The first-order chi connectivity index (χ1) is 11.1. The van der Waals surface area contributed by atoms with Crippen molar-refractivity contribution >= 4 is 16.8 Å². The van der Waals surface area contributed by atoms with Gasteiger partial charge >= 0.3 is 0 Å². The molecule has 1 atom stereocenters. The lowest BCUT2D eigenvalue weighted by molar-refractivity contribution is 0.0941. The maximum absolute atomic E-state index is 12.6. The summed E-state index contributed by atoms with van der Waals surface area (Å²) in [6.07, 6.45) is 0. The van der Waals surface area contributed by atoms with Crippen molar-refractivity contribution in [3.63, 3.8) is 0 Å². The molecule has 0 aliphatic carbocycles. The van der Waals surface area contributed by atoms with Gasteiger partial charge in [-0.1, -0.05) is 48.5 Å². The normalized spacial score (nSPS) is 12.1. The third-order valence-electron chi connectivity index (χ3n) is 4.05. The van der Waals surface area contributed by atoms with Crippen molar-refractivity contribution in [2.45, 2.75) is 13.0 Å². The minimum absolute atomic E-state index is 0.133. The molecule has 0 bridgehead atoms. The van der Waals surface area contributed by atoms with E-state index in [1.165, 1.54) is 6.07 Å². The molecule has 3 rings (SSSR count). The largest absolute Gasteiger partial charge is 0.345 e. The van der Waals surface area contributed by atoms with Crippen molar-refractivity contribution in [2.75, 3.05) is 0 Å². The molecule has 116 valence electrons. The number of carbonyl (C=O) groups is 1. The molecule has 0 fully saturated rings. The van der Waals surface area contributed by atoms with Crippen LogP contribution in [-0.2, 0) is 7.05 Å². The number of benzene rings is 2. The Labute approximate surface area is 134 Å². The molecule has 0 saturated carbocycles. The summed E-state index contributed by atoms with van der Waals surface area (Å²) in [6.45, 7) is 1.93. The van der Waals surface area contributed by atoms with Gasteiger partial charge in [-0.15, -0.1) is 0 Å². The Balaban J connectivity index is 1.99. The third kappa shape index (κ3) is 2.88. The van der Waals surface area contributed by atoms with Crippen LogP contribution in [0.2, 0.25) is 0 Å². The number of aromatic nitrogens is 1. The number of rotatable bonds is 3.